The van der Waals surface area contributed by atoms with Gasteiger partial charge < -0.3 is 15.8 Å². The second-order valence-electron chi connectivity index (χ2n) is 2.88. The van der Waals surface area contributed by atoms with Crippen molar-refractivity contribution in [1.82, 2.24) is 5.32 Å². The lowest BCUT2D eigenvalue weighted by atomic mass is 10.3. The fourth-order valence-corrected chi connectivity index (χ4v) is 0.894. The number of amides is 1. The summed E-state index contributed by atoms with van der Waals surface area (Å²) in [7, 11) is 0. The molecule has 0 heterocycles. The van der Waals surface area contributed by atoms with Crippen LogP contribution in [0.2, 0.25) is 0 Å². The van der Waals surface area contributed by atoms with Crippen LogP contribution in [-0.2, 0) is 14.3 Å². The van der Waals surface area contributed by atoms with Crippen LogP contribution in [0.3, 0.4) is 0 Å². The quantitative estimate of drug-likeness (QED) is 0.281. The lowest BCUT2D eigenvalue weighted by Gasteiger charge is -2.10. The second-order valence-corrected chi connectivity index (χ2v) is 2.88. The summed E-state index contributed by atoms with van der Waals surface area (Å²) in [5, 5.41) is 2.54. The van der Waals surface area contributed by atoms with Gasteiger partial charge in [-0.15, -0.1) is 0 Å². The molecule has 0 bridgehead atoms. The molecule has 86 valence electrons. The summed E-state index contributed by atoms with van der Waals surface area (Å²) in [5.74, 6) is -1.20. The summed E-state index contributed by atoms with van der Waals surface area (Å²) in [6, 6.07) is -1.23. The Hall–Kier alpha value is -1.36. The lowest BCUT2D eigenvalue weighted by Crippen LogP contribution is -2.47. The zero-order chi connectivity index (χ0) is 11.7. The van der Waals surface area contributed by atoms with E-state index >= 15 is 0 Å². The summed E-state index contributed by atoms with van der Waals surface area (Å²) in [6.07, 6.45) is 4.52. The normalized spacial score (nSPS) is 12.5. The Kier molecular flexibility index (Phi) is 7.27. The van der Waals surface area contributed by atoms with E-state index in [0.29, 0.717) is 6.54 Å². The number of allylic oxidation sites excluding steroid dienone is 1. The minimum absolute atomic E-state index is 0.221. The summed E-state index contributed by atoms with van der Waals surface area (Å²) in [5.41, 5.74) is 5.36. The van der Waals surface area contributed by atoms with Crippen LogP contribution in [0.4, 0.5) is 0 Å². The first kappa shape index (κ1) is 13.6. The maximum Gasteiger partial charge on any atom is 0.332 e. The van der Waals surface area contributed by atoms with Gasteiger partial charge in [-0.1, -0.05) is 12.2 Å². The minimum atomic E-state index is -1.23. The van der Waals surface area contributed by atoms with Crippen LogP contribution < -0.4 is 11.1 Å². The van der Waals surface area contributed by atoms with Gasteiger partial charge in [0.25, 0.3) is 0 Å². The Balaban J connectivity index is 3.83. The Morgan fingerprint density at radius 2 is 2.20 bits per heavy atom. The van der Waals surface area contributed by atoms with Crippen molar-refractivity contribution in [2.75, 3.05) is 13.2 Å². The van der Waals surface area contributed by atoms with Gasteiger partial charge in [-0.2, -0.15) is 0 Å². The number of hydrogen-bond acceptors (Lipinski definition) is 4. The number of rotatable bonds is 6. The smallest absolute Gasteiger partial charge is 0.332 e. The molecule has 0 aliphatic heterocycles. The predicted molar refractivity (Wildman–Crippen MR) is 57.0 cm³/mol. The van der Waals surface area contributed by atoms with E-state index in [1.54, 1.807) is 6.92 Å². The van der Waals surface area contributed by atoms with Crippen LogP contribution in [-0.4, -0.2) is 31.1 Å². The molecule has 5 heteroatoms. The number of ether oxygens (including phenoxy) is 1. The lowest BCUT2D eigenvalue weighted by molar-refractivity contribution is -0.147. The van der Waals surface area contributed by atoms with Gasteiger partial charge >= 0.3 is 5.97 Å². The third kappa shape index (κ3) is 5.85. The number of nitrogens with one attached hydrogen (secondary N) is 1. The van der Waals surface area contributed by atoms with E-state index in [4.69, 9.17) is 5.73 Å². The largest absolute Gasteiger partial charge is 0.464 e. The minimum Gasteiger partial charge on any atom is -0.464 e. The first-order chi connectivity index (χ1) is 7.13. The van der Waals surface area contributed by atoms with Crippen molar-refractivity contribution >= 4 is 11.9 Å². The van der Waals surface area contributed by atoms with Crippen LogP contribution in [0.25, 0.3) is 0 Å². The molecule has 0 aliphatic carbocycles. The molecule has 3 N–H and O–H groups in total. The Bertz CT molecular complexity index is 239. The van der Waals surface area contributed by atoms with Crippen molar-refractivity contribution in [2.45, 2.75) is 26.3 Å². The molecule has 0 aliphatic rings. The SMILES string of the molecule is C/C=C/CCNC(=O)C(N)C(=O)OCC. The number of carbonyl (C=O) groups excluding carboxylic acids is 2. The average molecular weight is 214 g/mol. The molecule has 0 aromatic heterocycles. The highest BCUT2D eigenvalue weighted by molar-refractivity contribution is 6.01. The highest BCUT2D eigenvalue weighted by Gasteiger charge is 2.22. The number of carbonyl (C=O) groups is 2. The molecule has 0 radical (unpaired) electrons. The fourth-order valence-electron chi connectivity index (χ4n) is 0.894. The van der Waals surface area contributed by atoms with Crippen LogP contribution in [0.15, 0.2) is 12.2 Å². The van der Waals surface area contributed by atoms with Gasteiger partial charge in [-0.05, 0) is 20.3 Å². The highest BCUT2D eigenvalue weighted by atomic mass is 16.5. The molecular weight excluding hydrogens is 196 g/mol. The van der Waals surface area contributed by atoms with Crippen molar-refractivity contribution in [3.05, 3.63) is 12.2 Å². The first-order valence-electron chi connectivity index (χ1n) is 4.94. The van der Waals surface area contributed by atoms with Crippen LogP contribution in [0.1, 0.15) is 20.3 Å². The van der Waals surface area contributed by atoms with Crippen molar-refractivity contribution in [1.29, 1.82) is 0 Å². The zero-order valence-corrected chi connectivity index (χ0v) is 9.16. The molecule has 1 amide bonds. The van der Waals surface area contributed by atoms with E-state index in [1.807, 2.05) is 19.1 Å². The van der Waals surface area contributed by atoms with E-state index in [9.17, 15) is 9.59 Å². The van der Waals surface area contributed by atoms with Gasteiger partial charge in [0.15, 0.2) is 6.04 Å². The predicted octanol–water partition coefficient (Wildman–Crippen LogP) is -0.0408. The molecule has 0 saturated heterocycles. The second kappa shape index (κ2) is 7.99. The van der Waals surface area contributed by atoms with Gasteiger partial charge in [0.1, 0.15) is 0 Å². The van der Waals surface area contributed by atoms with E-state index in [2.05, 4.69) is 10.1 Å². The fraction of sp³-hybridized carbons (Fsp3) is 0.600. The third-order valence-electron chi connectivity index (χ3n) is 1.67. The van der Waals surface area contributed by atoms with Gasteiger partial charge in [0, 0.05) is 6.54 Å². The number of esters is 1. The van der Waals surface area contributed by atoms with Gasteiger partial charge in [-0.3, -0.25) is 4.79 Å². The average Bonchev–Trinajstić information content (AvgIpc) is 2.23. The van der Waals surface area contributed by atoms with Crippen LogP contribution >= 0.6 is 0 Å². The maximum absolute atomic E-state index is 11.3. The number of nitrogens with two attached hydrogens (primary N) is 1. The van der Waals surface area contributed by atoms with Crippen molar-refractivity contribution in [2.24, 2.45) is 5.73 Å². The van der Waals surface area contributed by atoms with E-state index < -0.39 is 17.9 Å². The molecular formula is C10H18N2O3. The van der Waals surface area contributed by atoms with Gasteiger partial charge in [-0.25, -0.2) is 4.79 Å². The van der Waals surface area contributed by atoms with Crippen molar-refractivity contribution < 1.29 is 14.3 Å². The molecule has 15 heavy (non-hydrogen) atoms. The first-order valence-corrected chi connectivity index (χ1v) is 4.94. The summed E-state index contributed by atoms with van der Waals surface area (Å²) in [6.45, 7) is 4.25. The molecule has 0 aromatic carbocycles. The van der Waals surface area contributed by atoms with Crippen molar-refractivity contribution in [3.8, 4) is 0 Å². The summed E-state index contributed by atoms with van der Waals surface area (Å²) < 4.78 is 4.61. The molecule has 0 fully saturated rings. The molecule has 1 atom stereocenters. The van der Waals surface area contributed by atoms with Gasteiger partial charge in [0.05, 0.1) is 6.61 Å². The Morgan fingerprint density at radius 1 is 1.53 bits per heavy atom. The molecule has 0 aromatic rings. The Labute approximate surface area is 89.7 Å². The maximum atomic E-state index is 11.3. The molecule has 0 rings (SSSR count). The molecule has 0 saturated carbocycles. The molecule has 0 spiro atoms. The Morgan fingerprint density at radius 3 is 2.73 bits per heavy atom. The molecule has 1 unspecified atom stereocenters. The van der Waals surface area contributed by atoms with Crippen LogP contribution in [0.5, 0.6) is 0 Å². The van der Waals surface area contributed by atoms with E-state index in [0.717, 1.165) is 6.42 Å². The van der Waals surface area contributed by atoms with E-state index in [-0.39, 0.29) is 6.61 Å². The molecule has 5 nitrogen and oxygen atoms in total. The van der Waals surface area contributed by atoms with Crippen molar-refractivity contribution in [3.63, 3.8) is 0 Å². The standard InChI is InChI=1S/C10H18N2O3/c1-3-5-6-7-12-9(13)8(11)10(14)15-4-2/h3,5,8H,4,6-7,11H2,1-2H3,(H,12,13)/b5-3+. The van der Waals surface area contributed by atoms with Crippen LogP contribution in [0, 0.1) is 0 Å². The summed E-state index contributed by atoms with van der Waals surface area (Å²) >= 11 is 0. The monoisotopic (exact) mass is 214 g/mol. The number of hydrogen-bond donors (Lipinski definition) is 2. The highest BCUT2D eigenvalue weighted by Crippen LogP contribution is 1.87. The van der Waals surface area contributed by atoms with E-state index in [1.165, 1.54) is 0 Å². The zero-order valence-electron chi connectivity index (χ0n) is 9.16. The third-order valence-corrected chi connectivity index (χ3v) is 1.67. The summed E-state index contributed by atoms with van der Waals surface area (Å²) in [4.78, 5) is 22.3. The topological polar surface area (TPSA) is 81.4 Å². The van der Waals surface area contributed by atoms with Gasteiger partial charge in [0.2, 0.25) is 5.91 Å².